The van der Waals surface area contributed by atoms with E-state index < -0.39 is 0 Å². The van der Waals surface area contributed by atoms with Gasteiger partial charge >= 0.3 is 0 Å². The zero-order chi connectivity index (χ0) is 11.3. The molecule has 0 aliphatic carbocycles. The van der Waals surface area contributed by atoms with Gasteiger partial charge in [-0.3, -0.25) is 0 Å². The standard InChI is InChI=1S/C11H14BrN3/c1-3-15(6-4-5-13)11-7-9(2)10(12)8-14-11/h7-8H,3-4,6H2,1-2H3. The molecule has 1 heterocycles. The van der Waals surface area contributed by atoms with E-state index in [0.29, 0.717) is 6.42 Å². The first-order valence-corrected chi connectivity index (χ1v) is 5.72. The summed E-state index contributed by atoms with van der Waals surface area (Å²) in [5, 5.41) is 8.55. The number of hydrogen-bond donors (Lipinski definition) is 0. The molecule has 3 nitrogen and oxygen atoms in total. The van der Waals surface area contributed by atoms with E-state index in [1.54, 1.807) is 6.20 Å². The van der Waals surface area contributed by atoms with Gasteiger partial charge in [0.15, 0.2) is 0 Å². The van der Waals surface area contributed by atoms with E-state index in [1.807, 2.05) is 13.0 Å². The smallest absolute Gasteiger partial charge is 0.128 e. The van der Waals surface area contributed by atoms with Crippen LogP contribution in [0.25, 0.3) is 0 Å². The van der Waals surface area contributed by atoms with Gasteiger partial charge in [-0.25, -0.2) is 4.98 Å². The first kappa shape index (κ1) is 12.0. The van der Waals surface area contributed by atoms with Gasteiger partial charge in [0.25, 0.3) is 0 Å². The zero-order valence-corrected chi connectivity index (χ0v) is 10.6. The highest BCUT2D eigenvalue weighted by molar-refractivity contribution is 9.10. The number of rotatable bonds is 4. The zero-order valence-electron chi connectivity index (χ0n) is 9.00. The molecule has 4 heteroatoms. The third kappa shape index (κ3) is 3.21. The highest BCUT2D eigenvalue weighted by atomic mass is 79.9. The molecule has 1 rings (SSSR count). The van der Waals surface area contributed by atoms with Crippen LogP contribution < -0.4 is 4.90 Å². The lowest BCUT2D eigenvalue weighted by Gasteiger charge is -2.20. The van der Waals surface area contributed by atoms with Crippen molar-refractivity contribution in [1.82, 2.24) is 4.98 Å². The van der Waals surface area contributed by atoms with E-state index in [1.165, 1.54) is 0 Å². The monoisotopic (exact) mass is 267 g/mol. The summed E-state index contributed by atoms with van der Waals surface area (Å²) in [6.07, 6.45) is 2.34. The van der Waals surface area contributed by atoms with Crippen molar-refractivity contribution >= 4 is 21.7 Å². The van der Waals surface area contributed by atoms with Crippen LogP contribution >= 0.6 is 15.9 Å². The maximum atomic E-state index is 8.55. The van der Waals surface area contributed by atoms with E-state index in [4.69, 9.17) is 5.26 Å². The average molecular weight is 268 g/mol. The number of hydrogen-bond acceptors (Lipinski definition) is 3. The topological polar surface area (TPSA) is 39.9 Å². The molecule has 0 saturated heterocycles. The fourth-order valence-corrected chi connectivity index (χ4v) is 1.53. The van der Waals surface area contributed by atoms with Gasteiger partial charge in [0.05, 0.1) is 12.5 Å². The molecule has 80 valence electrons. The van der Waals surface area contributed by atoms with Crippen LogP contribution in [-0.4, -0.2) is 18.1 Å². The van der Waals surface area contributed by atoms with Crippen molar-refractivity contribution in [3.8, 4) is 6.07 Å². The molecule has 0 atom stereocenters. The Bertz CT molecular complexity index is 371. The Morgan fingerprint density at radius 1 is 1.60 bits per heavy atom. The molecule has 1 aromatic heterocycles. The Labute approximate surface area is 98.9 Å². The molecule has 0 bridgehead atoms. The molecule has 1 aromatic rings. The average Bonchev–Trinajstić information content (AvgIpc) is 2.24. The third-order valence-electron chi connectivity index (χ3n) is 2.23. The van der Waals surface area contributed by atoms with Crippen molar-refractivity contribution in [3.63, 3.8) is 0 Å². The highest BCUT2D eigenvalue weighted by Crippen LogP contribution is 2.19. The number of halogens is 1. The lowest BCUT2D eigenvalue weighted by molar-refractivity contribution is 0.809. The molecular formula is C11H14BrN3. The van der Waals surface area contributed by atoms with Gasteiger partial charge in [0.2, 0.25) is 0 Å². The largest absolute Gasteiger partial charge is 0.356 e. The Morgan fingerprint density at radius 2 is 2.33 bits per heavy atom. The van der Waals surface area contributed by atoms with Crippen molar-refractivity contribution < 1.29 is 0 Å². The van der Waals surface area contributed by atoms with Gasteiger partial charge in [-0.1, -0.05) is 0 Å². The SMILES string of the molecule is CCN(CCC#N)c1cc(C)c(Br)cn1. The normalized spacial score (nSPS) is 9.73. The van der Waals surface area contributed by atoms with Crippen LogP contribution in [0.15, 0.2) is 16.7 Å². The molecule has 0 spiro atoms. The summed E-state index contributed by atoms with van der Waals surface area (Å²) in [5.74, 6) is 0.938. The van der Waals surface area contributed by atoms with Crippen LogP contribution in [0.2, 0.25) is 0 Å². The van der Waals surface area contributed by atoms with Gasteiger partial charge < -0.3 is 4.90 Å². The van der Waals surface area contributed by atoms with Crippen LogP contribution in [0.1, 0.15) is 18.9 Å². The van der Waals surface area contributed by atoms with Crippen molar-refractivity contribution in [2.24, 2.45) is 0 Å². The quantitative estimate of drug-likeness (QED) is 0.842. The van der Waals surface area contributed by atoms with Crippen LogP contribution in [0, 0.1) is 18.3 Å². The summed E-state index contributed by atoms with van der Waals surface area (Å²) in [4.78, 5) is 6.43. The van der Waals surface area contributed by atoms with Crippen molar-refractivity contribution in [3.05, 3.63) is 22.3 Å². The van der Waals surface area contributed by atoms with Crippen molar-refractivity contribution in [2.45, 2.75) is 20.3 Å². The van der Waals surface area contributed by atoms with Crippen LogP contribution in [0.4, 0.5) is 5.82 Å². The number of aromatic nitrogens is 1. The Kier molecular flexibility index (Phi) is 4.57. The van der Waals surface area contributed by atoms with Gasteiger partial charge in [-0.15, -0.1) is 0 Å². The summed E-state index contributed by atoms with van der Waals surface area (Å²) in [6, 6.07) is 4.18. The van der Waals surface area contributed by atoms with Crippen molar-refractivity contribution in [1.29, 1.82) is 5.26 Å². The summed E-state index contributed by atoms with van der Waals surface area (Å²) < 4.78 is 1.02. The molecule has 0 aromatic carbocycles. The molecule has 0 aliphatic heterocycles. The second-order valence-corrected chi connectivity index (χ2v) is 4.13. The second kappa shape index (κ2) is 5.72. The maximum absolute atomic E-state index is 8.55. The van der Waals surface area contributed by atoms with E-state index in [-0.39, 0.29) is 0 Å². The summed E-state index contributed by atoms with van der Waals surface area (Å²) in [7, 11) is 0. The van der Waals surface area contributed by atoms with E-state index in [2.05, 4.69) is 38.8 Å². The third-order valence-corrected chi connectivity index (χ3v) is 3.06. The molecule has 15 heavy (non-hydrogen) atoms. The first-order valence-electron chi connectivity index (χ1n) is 4.93. The number of anilines is 1. The predicted molar refractivity (Wildman–Crippen MR) is 64.8 cm³/mol. The van der Waals surface area contributed by atoms with Crippen LogP contribution in [0.5, 0.6) is 0 Å². The molecule has 0 amide bonds. The van der Waals surface area contributed by atoms with E-state index >= 15 is 0 Å². The van der Waals surface area contributed by atoms with Gasteiger partial charge in [-0.05, 0) is 41.4 Å². The van der Waals surface area contributed by atoms with E-state index in [0.717, 1.165) is 28.9 Å². The van der Waals surface area contributed by atoms with Crippen LogP contribution in [0.3, 0.4) is 0 Å². The summed E-state index contributed by atoms with van der Waals surface area (Å²) in [6.45, 7) is 5.71. The number of pyridine rings is 1. The van der Waals surface area contributed by atoms with E-state index in [9.17, 15) is 0 Å². The molecule has 0 N–H and O–H groups in total. The minimum Gasteiger partial charge on any atom is -0.356 e. The Hall–Kier alpha value is -1.08. The summed E-state index contributed by atoms with van der Waals surface area (Å²) in [5.41, 5.74) is 1.16. The number of aryl methyl sites for hydroxylation is 1. The molecule has 0 saturated carbocycles. The molecule has 0 unspecified atom stereocenters. The molecular weight excluding hydrogens is 254 g/mol. The summed E-state index contributed by atoms with van der Waals surface area (Å²) >= 11 is 3.42. The lowest BCUT2D eigenvalue weighted by Crippen LogP contribution is -2.24. The Balaban J connectivity index is 2.83. The van der Waals surface area contributed by atoms with Crippen molar-refractivity contribution in [2.75, 3.05) is 18.0 Å². The fourth-order valence-electron chi connectivity index (χ4n) is 1.32. The number of nitriles is 1. The van der Waals surface area contributed by atoms with Gasteiger partial charge in [0, 0.05) is 23.8 Å². The minimum atomic E-state index is 0.532. The molecule has 0 radical (unpaired) electrons. The van der Waals surface area contributed by atoms with Gasteiger partial charge in [-0.2, -0.15) is 5.26 Å². The molecule has 0 aliphatic rings. The Morgan fingerprint density at radius 3 is 2.87 bits per heavy atom. The highest BCUT2D eigenvalue weighted by Gasteiger charge is 2.06. The second-order valence-electron chi connectivity index (χ2n) is 3.28. The maximum Gasteiger partial charge on any atom is 0.128 e. The molecule has 0 fully saturated rings. The van der Waals surface area contributed by atoms with Crippen LogP contribution in [-0.2, 0) is 0 Å². The van der Waals surface area contributed by atoms with Gasteiger partial charge in [0.1, 0.15) is 5.82 Å². The predicted octanol–water partition coefficient (Wildman–Crippen LogP) is 2.89. The lowest BCUT2D eigenvalue weighted by atomic mass is 10.3. The first-order chi connectivity index (χ1) is 7.19. The number of nitrogens with zero attached hydrogens (tertiary/aromatic N) is 3. The minimum absolute atomic E-state index is 0.532. The fraction of sp³-hybridized carbons (Fsp3) is 0.455.